The van der Waals surface area contributed by atoms with E-state index < -0.39 is 10.8 Å². The third-order valence-electron chi connectivity index (χ3n) is 2.69. The zero-order valence-corrected chi connectivity index (χ0v) is 12.6. The number of hydrogen-bond acceptors (Lipinski definition) is 3. The smallest absolute Gasteiger partial charge is 0.0992 e. The first-order valence-corrected chi connectivity index (χ1v) is 7.71. The van der Waals surface area contributed by atoms with Crippen LogP contribution in [0.3, 0.4) is 0 Å². The highest BCUT2D eigenvalue weighted by molar-refractivity contribution is 7.84. The number of hydrogen-bond donors (Lipinski definition) is 1. The van der Waals surface area contributed by atoms with Gasteiger partial charge in [0.1, 0.15) is 0 Å². The molecule has 2 N–H and O–H groups in total. The van der Waals surface area contributed by atoms with Gasteiger partial charge < -0.3 is 5.73 Å². The van der Waals surface area contributed by atoms with Gasteiger partial charge in [0.2, 0.25) is 0 Å². The van der Waals surface area contributed by atoms with Crippen LogP contribution in [0.2, 0.25) is 10.0 Å². The Morgan fingerprint density at radius 3 is 2.55 bits per heavy atom. The van der Waals surface area contributed by atoms with Gasteiger partial charge in [-0.25, -0.2) is 0 Å². The van der Waals surface area contributed by atoms with Crippen molar-refractivity contribution in [2.75, 3.05) is 5.73 Å². The van der Waals surface area contributed by atoms with Crippen LogP contribution < -0.4 is 5.73 Å². The molecule has 0 aliphatic carbocycles. The van der Waals surface area contributed by atoms with Gasteiger partial charge in [-0.1, -0.05) is 35.3 Å². The Morgan fingerprint density at radius 2 is 1.95 bits per heavy atom. The number of benzene rings is 2. The molecule has 0 bridgehead atoms. The van der Waals surface area contributed by atoms with Crippen LogP contribution in [0.1, 0.15) is 11.1 Å². The lowest BCUT2D eigenvalue weighted by Crippen LogP contribution is -2.02. The Kier molecular flexibility index (Phi) is 4.66. The second-order valence-electron chi connectivity index (χ2n) is 4.07. The van der Waals surface area contributed by atoms with Crippen LogP contribution in [-0.2, 0) is 16.6 Å². The van der Waals surface area contributed by atoms with Crippen LogP contribution in [0, 0.1) is 11.3 Å². The first kappa shape index (κ1) is 14.9. The third-order valence-corrected chi connectivity index (χ3v) is 4.96. The van der Waals surface area contributed by atoms with E-state index in [0.29, 0.717) is 31.8 Å². The van der Waals surface area contributed by atoms with E-state index in [-0.39, 0.29) is 5.75 Å². The highest BCUT2D eigenvalue weighted by Gasteiger charge is 2.14. The summed E-state index contributed by atoms with van der Waals surface area (Å²) in [6.07, 6.45) is 0. The fourth-order valence-electron chi connectivity index (χ4n) is 1.71. The fourth-order valence-corrected chi connectivity index (χ4v) is 3.77. The minimum Gasteiger partial charge on any atom is -0.398 e. The van der Waals surface area contributed by atoms with Gasteiger partial charge in [-0.2, -0.15) is 5.26 Å². The molecule has 0 amide bonds. The molecule has 0 radical (unpaired) electrons. The molecule has 0 aliphatic rings. The molecule has 20 heavy (non-hydrogen) atoms. The molecule has 0 aliphatic heterocycles. The third kappa shape index (κ3) is 3.13. The molecule has 0 heterocycles. The second-order valence-corrected chi connectivity index (χ2v) is 6.27. The quantitative estimate of drug-likeness (QED) is 0.874. The molecule has 2 rings (SSSR count). The van der Waals surface area contributed by atoms with E-state index in [0.717, 1.165) is 0 Å². The summed E-state index contributed by atoms with van der Waals surface area (Å²) in [5.74, 6) is 0.193. The number of rotatable bonds is 3. The van der Waals surface area contributed by atoms with Gasteiger partial charge in [0.15, 0.2) is 0 Å². The van der Waals surface area contributed by atoms with Crippen molar-refractivity contribution in [1.29, 1.82) is 5.26 Å². The lowest BCUT2D eigenvalue weighted by Gasteiger charge is -2.09. The maximum Gasteiger partial charge on any atom is 0.0992 e. The van der Waals surface area contributed by atoms with Crippen LogP contribution in [0.5, 0.6) is 0 Å². The van der Waals surface area contributed by atoms with Crippen molar-refractivity contribution in [3.63, 3.8) is 0 Å². The van der Waals surface area contributed by atoms with Gasteiger partial charge >= 0.3 is 0 Å². The number of nitrogen functional groups attached to an aromatic ring is 1. The SMILES string of the molecule is N#Cc1ccc(CS(=O)c2c(N)cccc2Cl)c(Cl)c1. The molecular weight excluding hydrogens is 315 g/mol. The van der Waals surface area contributed by atoms with E-state index in [1.165, 1.54) is 0 Å². The van der Waals surface area contributed by atoms with Gasteiger partial charge in [0, 0.05) is 10.7 Å². The molecule has 0 saturated carbocycles. The van der Waals surface area contributed by atoms with E-state index in [9.17, 15) is 4.21 Å². The normalized spacial score (nSPS) is 11.8. The summed E-state index contributed by atoms with van der Waals surface area (Å²) < 4.78 is 12.4. The maximum absolute atomic E-state index is 12.4. The van der Waals surface area contributed by atoms with Crippen molar-refractivity contribution < 1.29 is 4.21 Å². The molecule has 0 saturated heterocycles. The van der Waals surface area contributed by atoms with Gasteiger partial charge in [-0.15, -0.1) is 0 Å². The Bertz CT molecular complexity index is 705. The van der Waals surface area contributed by atoms with Gasteiger partial charge in [0.05, 0.1) is 38.1 Å². The number of nitrogens with zero attached hydrogens (tertiary/aromatic N) is 1. The Morgan fingerprint density at radius 1 is 1.20 bits per heavy atom. The number of nitriles is 1. The summed E-state index contributed by atoms with van der Waals surface area (Å²) in [5.41, 5.74) is 7.34. The summed E-state index contributed by atoms with van der Waals surface area (Å²) in [7, 11) is -1.40. The molecule has 0 aromatic heterocycles. The molecule has 102 valence electrons. The molecular formula is C14H10Cl2N2OS. The first-order chi connectivity index (χ1) is 9.52. The summed E-state index contributed by atoms with van der Waals surface area (Å²) >= 11 is 12.1. The maximum atomic E-state index is 12.4. The van der Waals surface area contributed by atoms with E-state index in [1.54, 1.807) is 36.4 Å². The van der Waals surface area contributed by atoms with Crippen molar-refractivity contribution in [1.82, 2.24) is 0 Å². The van der Waals surface area contributed by atoms with Crippen molar-refractivity contribution in [2.45, 2.75) is 10.6 Å². The molecule has 1 unspecified atom stereocenters. The van der Waals surface area contributed by atoms with E-state index in [2.05, 4.69) is 0 Å². The predicted octanol–water partition coefficient (Wildman–Crippen LogP) is 3.76. The van der Waals surface area contributed by atoms with Crippen molar-refractivity contribution in [3.05, 3.63) is 57.6 Å². The molecule has 0 fully saturated rings. The van der Waals surface area contributed by atoms with Crippen molar-refractivity contribution in [3.8, 4) is 6.07 Å². The van der Waals surface area contributed by atoms with Gasteiger partial charge in [-0.05, 0) is 29.8 Å². The van der Waals surface area contributed by atoms with E-state index >= 15 is 0 Å². The Labute approximate surface area is 129 Å². The van der Waals surface area contributed by atoms with Gasteiger partial charge in [-0.3, -0.25) is 4.21 Å². The molecule has 2 aromatic rings. The minimum atomic E-state index is -1.40. The lowest BCUT2D eigenvalue weighted by molar-refractivity contribution is 0.683. The van der Waals surface area contributed by atoms with Crippen LogP contribution in [0.25, 0.3) is 0 Å². The van der Waals surface area contributed by atoms with Crippen molar-refractivity contribution >= 4 is 39.7 Å². The number of anilines is 1. The number of nitrogens with two attached hydrogens (primary N) is 1. The van der Waals surface area contributed by atoms with E-state index in [1.807, 2.05) is 6.07 Å². The highest BCUT2D eigenvalue weighted by atomic mass is 35.5. The summed E-state index contributed by atoms with van der Waals surface area (Å²) in [4.78, 5) is 0.412. The van der Waals surface area contributed by atoms with Gasteiger partial charge in [0.25, 0.3) is 0 Å². The first-order valence-electron chi connectivity index (χ1n) is 5.64. The van der Waals surface area contributed by atoms with Crippen LogP contribution >= 0.6 is 23.2 Å². The van der Waals surface area contributed by atoms with Crippen LogP contribution in [-0.4, -0.2) is 4.21 Å². The fraction of sp³-hybridized carbons (Fsp3) is 0.0714. The van der Waals surface area contributed by atoms with Crippen LogP contribution in [0.15, 0.2) is 41.3 Å². The molecule has 3 nitrogen and oxygen atoms in total. The summed E-state index contributed by atoms with van der Waals surface area (Å²) in [5, 5.41) is 9.56. The highest BCUT2D eigenvalue weighted by Crippen LogP contribution is 2.29. The zero-order valence-electron chi connectivity index (χ0n) is 10.3. The van der Waals surface area contributed by atoms with E-state index in [4.69, 9.17) is 34.2 Å². The Hall–Kier alpha value is -1.54. The molecule has 0 spiro atoms. The average molecular weight is 325 g/mol. The molecule has 6 heteroatoms. The summed E-state index contributed by atoms with van der Waals surface area (Å²) in [6.45, 7) is 0. The lowest BCUT2D eigenvalue weighted by atomic mass is 10.2. The zero-order chi connectivity index (χ0) is 14.7. The minimum absolute atomic E-state index is 0.193. The topological polar surface area (TPSA) is 66.9 Å². The summed E-state index contributed by atoms with van der Waals surface area (Å²) in [6, 6.07) is 11.9. The Balaban J connectivity index is 2.31. The standard InChI is InChI=1S/C14H10Cl2N2OS/c15-11-2-1-3-13(18)14(11)20(19)8-10-5-4-9(7-17)6-12(10)16/h1-6H,8,18H2. The largest absolute Gasteiger partial charge is 0.398 e. The monoisotopic (exact) mass is 324 g/mol. The predicted molar refractivity (Wildman–Crippen MR) is 82.1 cm³/mol. The number of halogens is 2. The molecule has 1 atom stereocenters. The average Bonchev–Trinajstić information content (AvgIpc) is 2.41. The van der Waals surface area contributed by atoms with Crippen molar-refractivity contribution in [2.24, 2.45) is 0 Å². The van der Waals surface area contributed by atoms with Crippen LogP contribution in [0.4, 0.5) is 5.69 Å². The molecule has 2 aromatic carbocycles. The second kappa shape index (κ2) is 6.27.